The van der Waals surface area contributed by atoms with Crippen LogP contribution in [0.3, 0.4) is 0 Å². The van der Waals surface area contributed by atoms with Crippen LogP contribution in [0.15, 0.2) is 48.5 Å². The topological polar surface area (TPSA) is 58.6 Å². The molecule has 1 heterocycles. The second-order valence-corrected chi connectivity index (χ2v) is 7.22. The summed E-state index contributed by atoms with van der Waals surface area (Å²) in [4.78, 5) is 27.0. The molecule has 0 unspecified atom stereocenters. The van der Waals surface area contributed by atoms with Gasteiger partial charge in [0.1, 0.15) is 5.75 Å². The number of aryl methyl sites for hydroxylation is 1. The summed E-state index contributed by atoms with van der Waals surface area (Å²) in [6.07, 6.45) is 4.22. The van der Waals surface area contributed by atoms with Gasteiger partial charge in [0.2, 0.25) is 5.91 Å². The van der Waals surface area contributed by atoms with Crippen LogP contribution in [-0.4, -0.2) is 36.4 Å². The quantitative estimate of drug-likeness (QED) is 0.724. The van der Waals surface area contributed by atoms with Gasteiger partial charge < -0.3 is 15.0 Å². The van der Waals surface area contributed by atoms with Crippen molar-refractivity contribution in [2.75, 3.05) is 25.0 Å². The summed E-state index contributed by atoms with van der Waals surface area (Å²) in [6.45, 7) is 4.07. The number of para-hydroxylation sites is 1. The Morgan fingerprint density at radius 1 is 1.04 bits per heavy atom. The molecular weight excluding hydrogens is 352 g/mol. The number of nitrogens with zero attached hydrogens (tertiary/aromatic N) is 1. The Bertz CT molecular complexity index is 813. The van der Waals surface area contributed by atoms with Gasteiger partial charge in [-0.15, -0.1) is 0 Å². The van der Waals surface area contributed by atoms with Crippen molar-refractivity contribution in [3.63, 3.8) is 0 Å². The van der Waals surface area contributed by atoms with Crippen LogP contribution in [-0.2, 0) is 4.79 Å². The van der Waals surface area contributed by atoms with Crippen LogP contribution in [0.2, 0.25) is 0 Å². The lowest BCUT2D eigenvalue weighted by Gasteiger charge is -2.27. The van der Waals surface area contributed by atoms with E-state index in [1.54, 1.807) is 12.1 Å². The number of hydrogen-bond donors (Lipinski definition) is 1. The van der Waals surface area contributed by atoms with E-state index in [-0.39, 0.29) is 11.8 Å². The molecule has 0 bridgehead atoms. The molecule has 1 saturated heterocycles. The SMILES string of the molecule is Cc1cccc(OCCCC(=O)Nc2ccccc2C(=O)N2CCCCC2)c1. The molecule has 2 aromatic rings. The van der Waals surface area contributed by atoms with Crippen LogP contribution < -0.4 is 10.1 Å². The minimum absolute atomic E-state index is 0.00150. The number of hydrogen-bond acceptors (Lipinski definition) is 3. The zero-order valence-corrected chi connectivity index (χ0v) is 16.4. The summed E-state index contributed by atoms with van der Waals surface area (Å²) in [6, 6.07) is 15.1. The Morgan fingerprint density at radius 3 is 2.61 bits per heavy atom. The van der Waals surface area contributed by atoms with Gasteiger partial charge in [0.05, 0.1) is 17.9 Å². The van der Waals surface area contributed by atoms with Crippen LogP contribution in [0, 0.1) is 6.92 Å². The Labute approximate surface area is 166 Å². The second kappa shape index (κ2) is 9.93. The number of amides is 2. The number of carbonyl (C=O) groups is 2. The van der Waals surface area contributed by atoms with Gasteiger partial charge in [0.15, 0.2) is 0 Å². The summed E-state index contributed by atoms with van der Waals surface area (Å²) < 4.78 is 5.69. The van der Waals surface area contributed by atoms with E-state index in [1.807, 2.05) is 48.2 Å². The zero-order chi connectivity index (χ0) is 19.8. The highest BCUT2D eigenvalue weighted by molar-refractivity contribution is 6.03. The molecule has 1 aliphatic rings. The number of nitrogens with one attached hydrogen (secondary N) is 1. The number of piperidine rings is 1. The number of likely N-dealkylation sites (tertiary alicyclic amines) is 1. The molecule has 0 radical (unpaired) electrons. The summed E-state index contributed by atoms with van der Waals surface area (Å²) in [5, 5.41) is 2.90. The van der Waals surface area contributed by atoms with Crippen molar-refractivity contribution in [3.05, 3.63) is 59.7 Å². The molecule has 28 heavy (non-hydrogen) atoms. The first-order valence-corrected chi connectivity index (χ1v) is 10.0. The third kappa shape index (κ3) is 5.59. The monoisotopic (exact) mass is 380 g/mol. The highest BCUT2D eigenvalue weighted by atomic mass is 16.5. The number of anilines is 1. The maximum Gasteiger partial charge on any atom is 0.255 e. The Balaban J connectivity index is 1.50. The van der Waals surface area contributed by atoms with Gasteiger partial charge >= 0.3 is 0 Å². The first kappa shape index (κ1) is 19.9. The van der Waals surface area contributed by atoms with E-state index in [9.17, 15) is 9.59 Å². The lowest BCUT2D eigenvalue weighted by Crippen LogP contribution is -2.36. The van der Waals surface area contributed by atoms with Crippen molar-refractivity contribution in [2.24, 2.45) is 0 Å². The number of rotatable bonds is 7. The minimum atomic E-state index is -0.105. The molecule has 1 aliphatic heterocycles. The Morgan fingerprint density at radius 2 is 1.82 bits per heavy atom. The van der Waals surface area contributed by atoms with Crippen LogP contribution in [0.25, 0.3) is 0 Å². The lowest BCUT2D eigenvalue weighted by molar-refractivity contribution is -0.116. The van der Waals surface area contributed by atoms with Gasteiger partial charge in [0.25, 0.3) is 5.91 Å². The average Bonchev–Trinajstić information content (AvgIpc) is 2.72. The van der Waals surface area contributed by atoms with E-state index in [2.05, 4.69) is 5.32 Å². The molecule has 0 aromatic heterocycles. The fourth-order valence-corrected chi connectivity index (χ4v) is 3.39. The Hall–Kier alpha value is -2.82. The molecule has 2 amide bonds. The molecule has 3 rings (SSSR count). The van der Waals surface area contributed by atoms with E-state index in [4.69, 9.17) is 4.74 Å². The molecular formula is C23H28N2O3. The lowest BCUT2D eigenvalue weighted by atomic mass is 10.1. The van der Waals surface area contributed by atoms with Gasteiger partial charge in [-0.3, -0.25) is 9.59 Å². The zero-order valence-electron chi connectivity index (χ0n) is 16.4. The molecule has 0 atom stereocenters. The maximum absolute atomic E-state index is 12.8. The Kier molecular flexibility index (Phi) is 7.06. The second-order valence-electron chi connectivity index (χ2n) is 7.22. The summed E-state index contributed by atoms with van der Waals surface area (Å²) >= 11 is 0. The molecule has 5 heteroatoms. The normalized spacial score (nSPS) is 13.8. The first-order valence-electron chi connectivity index (χ1n) is 10.0. The van der Waals surface area contributed by atoms with Crippen LogP contribution >= 0.6 is 0 Å². The average molecular weight is 380 g/mol. The summed E-state index contributed by atoms with van der Waals surface area (Å²) in [5.74, 6) is 0.711. The van der Waals surface area contributed by atoms with Crippen LogP contribution in [0.5, 0.6) is 5.75 Å². The van der Waals surface area contributed by atoms with Crippen molar-refractivity contribution in [3.8, 4) is 5.75 Å². The van der Waals surface area contributed by atoms with E-state index < -0.39 is 0 Å². The largest absolute Gasteiger partial charge is 0.494 e. The van der Waals surface area contributed by atoms with Crippen LogP contribution in [0.4, 0.5) is 5.69 Å². The molecule has 0 saturated carbocycles. The number of ether oxygens (including phenoxy) is 1. The van der Waals surface area contributed by atoms with Crippen molar-refractivity contribution >= 4 is 17.5 Å². The molecule has 0 aliphatic carbocycles. The van der Waals surface area contributed by atoms with E-state index in [0.717, 1.165) is 37.2 Å². The van der Waals surface area contributed by atoms with Crippen LogP contribution in [0.1, 0.15) is 48.0 Å². The third-order valence-corrected chi connectivity index (χ3v) is 4.88. The third-order valence-electron chi connectivity index (χ3n) is 4.88. The van der Waals surface area contributed by atoms with Gasteiger partial charge in [0, 0.05) is 19.5 Å². The van der Waals surface area contributed by atoms with Gasteiger partial charge in [-0.25, -0.2) is 0 Å². The highest BCUT2D eigenvalue weighted by Crippen LogP contribution is 2.20. The summed E-state index contributed by atoms with van der Waals surface area (Å²) in [5.41, 5.74) is 2.29. The number of carbonyl (C=O) groups excluding carboxylic acids is 2. The van der Waals surface area contributed by atoms with E-state index >= 15 is 0 Å². The first-order chi connectivity index (χ1) is 13.6. The van der Waals surface area contributed by atoms with Crippen molar-refractivity contribution < 1.29 is 14.3 Å². The molecule has 0 spiro atoms. The fraction of sp³-hybridized carbons (Fsp3) is 0.391. The summed E-state index contributed by atoms with van der Waals surface area (Å²) in [7, 11) is 0. The van der Waals surface area contributed by atoms with E-state index in [1.165, 1.54) is 6.42 Å². The van der Waals surface area contributed by atoms with E-state index in [0.29, 0.717) is 30.7 Å². The predicted octanol–water partition coefficient (Wildman–Crippen LogP) is 4.42. The molecule has 1 fully saturated rings. The van der Waals surface area contributed by atoms with Gasteiger partial charge in [-0.1, -0.05) is 24.3 Å². The molecule has 5 nitrogen and oxygen atoms in total. The molecule has 148 valence electrons. The highest BCUT2D eigenvalue weighted by Gasteiger charge is 2.21. The van der Waals surface area contributed by atoms with Crippen molar-refractivity contribution in [2.45, 2.75) is 39.0 Å². The smallest absolute Gasteiger partial charge is 0.255 e. The molecule has 2 aromatic carbocycles. The standard InChI is InChI=1S/C23H28N2O3/c1-18-9-7-10-19(17-18)28-16-8-13-22(26)24-21-12-4-3-11-20(21)23(27)25-14-5-2-6-15-25/h3-4,7,9-12,17H,2,5-6,8,13-16H2,1H3,(H,24,26). The maximum atomic E-state index is 12.8. The minimum Gasteiger partial charge on any atom is -0.494 e. The molecule has 1 N–H and O–H groups in total. The van der Waals surface area contributed by atoms with Gasteiger partial charge in [-0.05, 0) is 62.4 Å². The predicted molar refractivity (Wildman–Crippen MR) is 111 cm³/mol. The number of benzene rings is 2. The van der Waals surface area contributed by atoms with Crippen molar-refractivity contribution in [1.82, 2.24) is 4.90 Å². The van der Waals surface area contributed by atoms with Crippen molar-refractivity contribution in [1.29, 1.82) is 0 Å². The fourth-order valence-electron chi connectivity index (χ4n) is 3.39. The van der Waals surface area contributed by atoms with Gasteiger partial charge in [-0.2, -0.15) is 0 Å².